The summed E-state index contributed by atoms with van der Waals surface area (Å²) in [5.74, 6) is -0.339. The van der Waals surface area contributed by atoms with E-state index in [2.05, 4.69) is 16.9 Å². The van der Waals surface area contributed by atoms with Gasteiger partial charge in [-0.1, -0.05) is 18.7 Å². The number of nitrogens with zero attached hydrogens (tertiary/aromatic N) is 2. The number of ether oxygens (including phenoxy) is 1. The number of hydrogen-bond donors (Lipinski definition) is 1. The quantitative estimate of drug-likeness (QED) is 0.873. The van der Waals surface area contributed by atoms with Crippen LogP contribution in [0.3, 0.4) is 0 Å². The van der Waals surface area contributed by atoms with Gasteiger partial charge in [-0.15, -0.1) is 0 Å². The maximum Gasteiger partial charge on any atom is 0.246 e. The number of rotatable bonds is 4. The molecule has 1 fully saturated rings. The molecule has 0 aliphatic carbocycles. The van der Waals surface area contributed by atoms with Crippen molar-refractivity contribution in [3.8, 4) is 0 Å². The molecule has 1 aliphatic rings. The Kier molecular flexibility index (Phi) is 4.86. The number of nitrogens with one attached hydrogen (secondary N) is 1. The second kappa shape index (κ2) is 7.23. The summed E-state index contributed by atoms with van der Waals surface area (Å²) in [4.78, 5) is 30.1. The summed E-state index contributed by atoms with van der Waals surface area (Å²) in [6, 6.07) is 9.14. The van der Waals surface area contributed by atoms with Crippen molar-refractivity contribution in [2.75, 3.05) is 25.1 Å². The Balaban J connectivity index is 1.67. The summed E-state index contributed by atoms with van der Waals surface area (Å²) in [5, 5.41) is 3.87. The van der Waals surface area contributed by atoms with Crippen molar-refractivity contribution < 1.29 is 14.3 Å². The van der Waals surface area contributed by atoms with Gasteiger partial charge in [0.1, 0.15) is 0 Å². The number of amides is 2. The van der Waals surface area contributed by atoms with Gasteiger partial charge in [0, 0.05) is 30.2 Å². The van der Waals surface area contributed by atoms with Crippen LogP contribution >= 0.6 is 0 Å². The summed E-state index contributed by atoms with van der Waals surface area (Å²) in [6.07, 6.45) is 3.16. The standard InChI is InChI=1S/C18H19N3O3/c1-2-18(23)21-8-9-24-12-15(21)11-17(22)20-14-6-5-13-4-3-7-19-16(13)10-14/h2-7,10,15H,1,8-9,11-12H2,(H,20,22). The zero-order valence-corrected chi connectivity index (χ0v) is 13.3. The van der Waals surface area contributed by atoms with E-state index in [0.717, 1.165) is 10.9 Å². The Hall–Kier alpha value is -2.73. The Labute approximate surface area is 140 Å². The van der Waals surface area contributed by atoms with Crippen molar-refractivity contribution in [1.82, 2.24) is 9.88 Å². The lowest BCUT2D eigenvalue weighted by Gasteiger charge is -2.34. The van der Waals surface area contributed by atoms with Crippen LogP contribution in [0.15, 0.2) is 49.2 Å². The third-order valence-corrected chi connectivity index (χ3v) is 4.00. The predicted octanol–water partition coefficient (Wildman–Crippen LogP) is 1.98. The molecule has 2 amide bonds. The summed E-state index contributed by atoms with van der Waals surface area (Å²) in [5.41, 5.74) is 1.50. The minimum atomic E-state index is -0.275. The van der Waals surface area contributed by atoms with Gasteiger partial charge < -0.3 is 15.0 Å². The highest BCUT2D eigenvalue weighted by atomic mass is 16.5. The van der Waals surface area contributed by atoms with Crippen molar-refractivity contribution in [3.63, 3.8) is 0 Å². The highest BCUT2D eigenvalue weighted by Crippen LogP contribution is 2.18. The molecule has 1 aromatic heterocycles. The molecule has 2 heterocycles. The number of carbonyl (C=O) groups is 2. The van der Waals surface area contributed by atoms with Gasteiger partial charge in [-0.25, -0.2) is 0 Å². The fourth-order valence-corrected chi connectivity index (χ4v) is 2.80. The van der Waals surface area contributed by atoms with Gasteiger partial charge in [-0.3, -0.25) is 14.6 Å². The van der Waals surface area contributed by atoms with Crippen molar-refractivity contribution in [2.24, 2.45) is 0 Å². The van der Waals surface area contributed by atoms with Crippen molar-refractivity contribution in [1.29, 1.82) is 0 Å². The van der Waals surface area contributed by atoms with E-state index in [-0.39, 0.29) is 24.3 Å². The third kappa shape index (κ3) is 3.60. The summed E-state index contributed by atoms with van der Waals surface area (Å²) in [7, 11) is 0. The zero-order chi connectivity index (χ0) is 16.9. The predicted molar refractivity (Wildman–Crippen MR) is 91.5 cm³/mol. The van der Waals surface area contributed by atoms with Crippen molar-refractivity contribution in [3.05, 3.63) is 49.2 Å². The molecule has 0 saturated carbocycles. The first-order valence-electron chi connectivity index (χ1n) is 7.83. The number of hydrogen-bond acceptors (Lipinski definition) is 4. The fourth-order valence-electron chi connectivity index (χ4n) is 2.80. The molecule has 1 atom stereocenters. The molecule has 24 heavy (non-hydrogen) atoms. The molecule has 1 aromatic carbocycles. The second-order valence-corrected chi connectivity index (χ2v) is 5.63. The van der Waals surface area contributed by atoms with Crippen LogP contribution in [0, 0.1) is 0 Å². The summed E-state index contributed by atoms with van der Waals surface area (Å²) >= 11 is 0. The number of carbonyl (C=O) groups excluding carboxylic acids is 2. The highest BCUT2D eigenvalue weighted by molar-refractivity contribution is 5.94. The largest absolute Gasteiger partial charge is 0.377 e. The van der Waals surface area contributed by atoms with E-state index in [1.807, 2.05) is 30.3 Å². The smallest absolute Gasteiger partial charge is 0.246 e. The van der Waals surface area contributed by atoms with Gasteiger partial charge in [0.2, 0.25) is 11.8 Å². The summed E-state index contributed by atoms with van der Waals surface area (Å²) in [6.45, 7) is 4.82. The Morgan fingerprint density at radius 1 is 1.42 bits per heavy atom. The molecular formula is C18H19N3O3. The Bertz CT molecular complexity index is 775. The number of pyridine rings is 1. The molecule has 1 saturated heterocycles. The molecule has 0 radical (unpaired) electrons. The van der Waals surface area contributed by atoms with E-state index < -0.39 is 0 Å². The average Bonchev–Trinajstić information content (AvgIpc) is 2.61. The molecule has 124 valence electrons. The second-order valence-electron chi connectivity index (χ2n) is 5.63. The van der Waals surface area contributed by atoms with Gasteiger partial charge in [-0.2, -0.15) is 0 Å². The van der Waals surface area contributed by atoms with Gasteiger partial charge in [0.15, 0.2) is 0 Å². The lowest BCUT2D eigenvalue weighted by atomic mass is 10.1. The SMILES string of the molecule is C=CC(=O)N1CCOCC1CC(=O)Nc1ccc2cccnc2c1. The van der Waals surface area contributed by atoms with Crippen molar-refractivity contribution in [2.45, 2.75) is 12.5 Å². The van der Waals surface area contributed by atoms with E-state index in [4.69, 9.17) is 4.74 Å². The van der Waals surface area contributed by atoms with Crippen LogP contribution in [0.5, 0.6) is 0 Å². The van der Waals surface area contributed by atoms with Crippen LogP contribution < -0.4 is 5.32 Å². The molecular weight excluding hydrogens is 306 g/mol. The first-order valence-corrected chi connectivity index (χ1v) is 7.83. The van der Waals surface area contributed by atoms with Crippen LogP contribution in [0.25, 0.3) is 10.9 Å². The number of benzene rings is 1. The Morgan fingerprint density at radius 3 is 3.12 bits per heavy atom. The Morgan fingerprint density at radius 2 is 2.29 bits per heavy atom. The van der Waals surface area contributed by atoms with E-state index in [1.165, 1.54) is 6.08 Å². The van der Waals surface area contributed by atoms with Crippen molar-refractivity contribution >= 4 is 28.4 Å². The van der Waals surface area contributed by atoms with Gasteiger partial charge in [0.25, 0.3) is 0 Å². The van der Waals surface area contributed by atoms with Crippen LogP contribution in [0.1, 0.15) is 6.42 Å². The molecule has 0 spiro atoms. The first kappa shape index (κ1) is 16.1. The van der Waals surface area contributed by atoms with Gasteiger partial charge in [-0.05, 0) is 24.3 Å². The molecule has 6 nitrogen and oxygen atoms in total. The van der Waals surface area contributed by atoms with Crippen LogP contribution in [-0.2, 0) is 14.3 Å². The van der Waals surface area contributed by atoms with E-state index >= 15 is 0 Å². The fraction of sp³-hybridized carbons (Fsp3) is 0.278. The van der Waals surface area contributed by atoms with E-state index in [0.29, 0.717) is 25.4 Å². The monoisotopic (exact) mass is 325 g/mol. The molecule has 1 aliphatic heterocycles. The minimum Gasteiger partial charge on any atom is -0.377 e. The molecule has 6 heteroatoms. The maximum absolute atomic E-state index is 12.3. The van der Waals surface area contributed by atoms with E-state index in [9.17, 15) is 9.59 Å². The lowest BCUT2D eigenvalue weighted by molar-refractivity contribution is -0.136. The molecule has 0 bridgehead atoms. The van der Waals surface area contributed by atoms with Crippen LogP contribution in [0.2, 0.25) is 0 Å². The zero-order valence-electron chi connectivity index (χ0n) is 13.3. The molecule has 2 aromatic rings. The molecule has 1 unspecified atom stereocenters. The molecule has 3 rings (SSSR count). The maximum atomic E-state index is 12.3. The molecule has 1 N–H and O–H groups in total. The van der Waals surface area contributed by atoms with E-state index in [1.54, 1.807) is 11.1 Å². The van der Waals surface area contributed by atoms with Gasteiger partial charge in [0.05, 0.1) is 24.8 Å². The number of morpholine rings is 1. The summed E-state index contributed by atoms with van der Waals surface area (Å²) < 4.78 is 5.40. The number of fused-ring (bicyclic) bond motifs is 1. The number of aromatic nitrogens is 1. The normalized spacial score (nSPS) is 17.5. The minimum absolute atomic E-state index is 0.164. The topological polar surface area (TPSA) is 71.5 Å². The highest BCUT2D eigenvalue weighted by Gasteiger charge is 2.27. The number of anilines is 1. The van der Waals surface area contributed by atoms with Gasteiger partial charge >= 0.3 is 0 Å². The van der Waals surface area contributed by atoms with Crippen LogP contribution in [0.4, 0.5) is 5.69 Å². The third-order valence-electron chi connectivity index (χ3n) is 4.00. The average molecular weight is 325 g/mol. The first-order chi connectivity index (χ1) is 11.7. The lowest BCUT2D eigenvalue weighted by Crippen LogP contribution is -2.49. The van der Waals surface area contributed by atoms with Crippen LogP contribution in [-0.4, -0.2) is 47.5 Å².